The van der Waals surface area contributed by atoms with Crippen LogP contribution in [0, 0.1) is 5.82 Å². The Morgan fingerprint density at radius 1 is 1.19 bits per heavy atom. The highest BCUT2D eigenvalue weighted by molar-refractivity contribution is 7.92. The van der Waals surface area contributed by atoms with Crippen LogP contribution in [-0.2, 0) is 21.4 Å². The summed E-state index contributed by atoms with van der Waals surface area (Å²) in [4.78, 5) is 23.7. The summed E-state index contributed by atoms with van der Waals surface area (Å²) in [7, 11) is -4.20. The highest BCUT2D eigenvalue weighted by atomic mass is 35.5. The first kappa shape index (κ1) is 18.2. The average Bonchev–Trinajstić information content (AvgIpc) is 2.89. The monoisotopic (exact) mass is 397 g/mol. The van der Waals surface area contributed by atoms with Crippen LogP contribution in [-0.4, -0.2) is 31.8 Å². The zero-order chi connectivity index (χ0) is 18.9. The highest BCUT2D eigenvalue weighted by Gasteiger charge is 2.28. The molecule has 0 aliphatic carbocycles. The van der Waals surface area contributed by atoms with Gasteiger partial charge >= 0.3 is 6.03 Å². The van der Waals surface area contributed by atoms with Crippen LogP contribution in [0.1, 0.15) is 5.56 Å². The number of carbonyl (C=O) groups excluding carboxylic acids is 2. The summed E-state index contributed by atoms with van der Waals surface area (Å²) in [6, 6.07) is 9.27. The fraction of sp³-hybridized carbons (Fsp3) is 0.125. The quantitative estimate of drug-likeness (QED) is 0.757. The van der Waals surface area contributed by atoms with Crippen LogP contribution in [0.2, 0.25) is 5.02 Å². The Kier molecular flexibility index (Phi) is 4.84. The van der Waals surface area contributed by atoms with Gasteiger partial charge in [0, 0.05) is 5.69 Å². The van der Waals surface area contributed by atoms with Crippen LogP contribution < -0.4 is 10.0 Å². The second-order valence-corrected chi connectivity index (χ2v) is 7.55. The Labute approximate surface area is 153 Å². The van der Waals surface area contributed by atoms with E-state index in [1.54, 1.807) is 12.1 Å². The molecule has 136 valence electrons. The van der Waals surface area contributed by atoms with Gasteiger partial charge in [0.1, 0.15) is 4.90 Å². The minimum absolute atomic E-state index is 0.00817. The van der Waals surface area contributed by atoms with E-state index in [4.69, 9.17) is 11.6 Å². The Balaban J connectivity index is 1.83. The van der Waals surface area contributed by atoms with Crippen LogP contribution in [0.5, 0.6) is 0 Å². The van der Waals surface area contributed by atoms with Gasteiger partial charge in [-0.15, -0.1) is 0 Å². The number of nitrogens with zero attached hydrogens (tertiary/aromatic N) is 1. The van der Waals surface area contributed by atoms with Gasteiger partial charge in [0.15, 0.2) is 5.82 Å². The summed E-state index contributed by atoms with van der Waals surface area (Å²) in [5.74, 6) is -1.42. The van der Waals surface area contributed by atoms with Crippen molar-refractivity contribution in [3.8, 4) is 0 Å². The predicted molar refractivity (Wildman–Crippen MR) is 92.6 cm³/mol. The molecule has 1 fully saturated rings. The summed E-state index contributed by atoms with van der Waals surface area (Å²) < 4.78 is 41.0. The van der Waals surface area contributed by atoms with Gasteiger partial charge in [0.25, 0.3) is 10.0 Å². The fourth-order valence-electron chi connectivity index (χ4n) is 2.43. The molecule has 0 radical (unpaired) electrons. The third-order valence-electron chi connectivity index (χ3n) is 3.66. The van der Waals surface area contributed by atoms with Gasteiger partial charge in [-0.3, -0.25) is 14.4 Å². The number of urea groups is 1. The number of nitrogens with one attached hydrogen (secondary N) is 2. The topological polar surface area (TPSA) is 95.6 Å². The minimum Gasteiger partial charge on any atom is -0.329 e. The van der Waals surface area contributed by atoms with Crippen molar-refractivity contribution >= 4 is 39.2 Å². The number of benzene rings is 2. The lowest BCUT2D eigenvalue weighted by molar-refractivity contribution is -0.125. The molecule has 3 rings (SSSR count). The molecular weight excluding hydrogens is 385 g/mol. The lowest BCUT2D eigenvalue weighted by Crippen LogP contribution is -2.30. The molecule has 3 amide bonds. The molecule has 7 nitrogen and oxygen atoms in total. The van der Waals surface area contributed by atoms with Crippen molar-refractivity contribution in [1.29, 1.82) is 0 Å². The van der Waals surface area contributed by atoms with Crippen molar-refractivity contribution in [1.82, 2.24) is 10.2 Å². The number of anilines is 1. The second-order valence-electron chi connectivity index (χ2n) is 5.50. The van der Waals surface area contributed by atoms with Crippen LogP contribution in [0.4, 0.5) is 14.9 Å². The third kappa shape index (κ3) is 3.63. The van der Waals surface area contributed by atoms with Crippen LogP contribution >= 0.6 is 11.6 Å². The molecular formula is C16H13ClFN3O4S. The van der Waals surface area contributed by atoms with E-state index in [2.05, 4.69) is 10.0 Å². The number of amides is 3. The lowest BCUT2D eigenvalue weighted by atomic mass is 10.2. The molecule has 2 aromatic carbocycles. The zero-order valence-electron chi connectivity index (χ0n) is 13.2. The van der Waals surface area contributed by atoms with Crippen molar-refractivity contribution in [3.63, 3.8) is 0 Å². The van der Waals surface area contributed by atoms with Crippen LogP contribution in [0.25, 0.3) is 0 Å². The van der Waals surface area contributed by atoms with Gasteiger partial charge in [-0.25, -0.2) is 17.6 Å². The summed E-state index contributed by atoms with van der Waals surface area (Å²) >= 11 is 5.63. The van der Waals surface area contributed by atoms with E-state index >= 15 is 0 Å². The maximum absolute atomic E-state index is 14.0. The lowest BCUT2D eigenvalue weighted by Gasteiger charge is -2.14. The van der Waals surface area contributed by atoms with Crippen LogP contribution in [0.15, 0.2) is 47.4 Å². The van der Waals surface area contributed by atoms with Crippen molar-refractivity contribution in [2.45, 2.75) is 11.4 Å². The van der Waals surface area contributed by atoms with E-state index in [1.807, 2.05) is 0 Å². The molecule has 2 aromatic rings. The maximum atomic E-state index is 14.0. The Hall–Kier alpha value is -2.65. The standard InChI is InChI=1S/C16H13ClFN3O4S/c17-12-5-2-6-13(15(12)18)26(24,25)20-11-4-1-3-10(7-11)9-21-14(22)8-19-16(21)23/h1-7,20H,8-9H2,(H,19,23). The molecule has 2 N–H and O–H groups in total. The van der Waals surface area contributed by atoms with E-state index in [-0.39, 0.29) is 29.7 Å². The molecule has 0 atom stereocenters. The van der Waals surface area contributed by atoms with Gasteiger partial charge in [0.05, 0.1) is 18.1 Å². The number of hydrogen-bond acceptors (Lipinski definition) is 4. The van der Waals surface area contributed by atoms with Gasteiger partial charge in [-0.05, 0) is 29.8 Å². The normalized spacial score (nSPS) is 14.5. The van der Waals surface area contributed by atoms with Gasteiger partial charge in [0.2, 0.25) is 5.91 Å². The SMILES string of the molecule is O=C1CNC(=O)N1Cc1cccc(NS(=O)(=O)c2cccc(Cl)c2F)c1. The number of hydrogen-bond donors (Lipinski definition) is 2. The molecule has 1 heterocycles. The molecule has 0 spiro atoms. The maximum Gasteiger partial charge on any atom is 0.324 e. The number of sulfonamides is 1. The minimum atomic E-state index is -4.20. The molecule has 26 heavy (non-hydrogen) atoms. The Morgan fingerprint density at radius 2 is 1.92 bits per heavy atom. The third-order valence-corrected chi connectivity index (χ3v) is 5.35. The van der Waals surface area contributed by atoms with E-state index in [0.29, 0.717) is 5.56 Å². The molecule has 0 unspecified atom stereocenters. The van der Waals surface area contributed by atoms with E-state index in [9.17, 15) is 22.4 Å². The van der Waals surface area contributed by atoms with Gasteiger partial charge in [-0.2, -0.15) is 0 Å². The Morgan fingerprint density at radius 3 is 2.62 bits per heavy atom. The number of carbonyl (C=O) groups is 2. The van der Waals surface area contributed by atoms with E-state index < -0.39 is 26.8 Å². The van der Waals surface area contributed by atoms with Crippen molar-refractivity contribution < 1.29 is 22.4 Å². The first-order chi connectivity index (χ1) is 12.3. The van der Waals surface area contributed by atoms with E-state index in [1.165, 1.54) is 24.3 Å². The summed E-state index contributed by atoms with van der Waals surface area (Å²) in [6.07, 6.45) is 0. The van der Waals surface area contributed by atoms with Crippen LogP contribution in [0.3, 0.4) is 0 Å². The van der Waals surface area contributed by atoms with Crippen molar-refractivity contribution in [2.24, 2.45) is 0 Å². The number of imide groups is 1. The van der Waals surface area contributed by atoms with E-state index in [0.717, 1.165) is 11.0 Å². The van der Waals surface area contributed by atoms with Crippen molar-refractivity contribution in [3.05, 3.63) is 58.9 Å². The number of rotatable bonds is 5. The van der Waals surface area contributed by atoms with Crippen molar-refractivity contribution in [2.75, 3.05) is 11.3 Å². The first-order valence-electron chi connectivity index (χ1n) is 7.42. The largest absolute Gasteiger partial charge is 0.329 e. The van der Waals surface area contributed by atoms with Gasteiger partial charge in [-0.1, -0.05) is 29.8 Å². The zero-order valence-corrected chi connectivity index (χ0v) is 14.8. The highest BCUT2D eigenvalue weighted by Crippen LogP contribution is 2.24. The molecule has 10 heteroatoms. The smallest absolute Gasteiger partial charge is 0.324 e. The molecule has 0 saturated carbocycles. The molecule has 1 saturated heterocycles. The Bertz CT molecular complexity index is 981. The number of halogens is 2. The fourth-order valence-corrected chi connectivity index (χ4v) is 3.81. The average molecular weight is 398 g/mol. The summed E-state index contributed by atoms with van der Waals surface area (Å²) in [6.45, 7) is -0.0784. The molecule has 1 aliphatic heterocycles. The summed E-state index contributed by atoms with van der Waals surface area (Å²) in [5, 5.41) is 2.09. The molecule has 0 bridgehead atoms. The molecule has 0 aromatic heterocycles. The summed E-state index contributed by atoms with van der Waals surface area (Å²) in [5.41, 5.74) is 0.691. The molecule has 1 aliphatic rings. The predicted octanol–water partition coefficient (Wildman–Crippen LogP) is 2.33. The first-order valence-corrected chi connectivity index (χ1v) is 9.28. The van der Waals surface area contributed by atoms with Gasteiger partial charge < -0.3 is 5.32 Å². The second kappa shape index (κ2) is 6.93.